The number of piperidine rings is 1. The molecule has 2 aromatic heterocycles. The molecule has 0 spiro atoms. The molecule has 0 radical (unpaired) electrons. The largest absolute Gasteiger partial charge is 0.459 e. The maximum absolute atomic E-state index is 12.8. The molecule has 1 unspecified atom stereocenters. The molecule has 4 rings (SSSR count). The van der Waals surface area contributed by atoms with Crippen molar-refractivity contribution < 1.29 is 14.0 Å². The number of rotatable bonds is 4. The maximum atomic E-state index is 12.8. The van der Waals surface area contributed by atoms with Crippen LogP contribution >= 0.6 is 0 Å². The standard InChI is InChI=1S/C21H27N5O3/c1-2-16-6-3-4-10-26(16)19-9-8-17(22-23-19)20(27)24-11-13-25(14-12-24)21(28)18-7-5-15-29-18/h5,7-9,15-16H,2-4,6,10-14H2,1H3. The molecule has 2 aliphatic rings. The first-order chi connectivity index (χ1) is 14.2. The minimum absolute atomic E-state index is 0.139. The van der Waals surface area contributed by atoms with Crippen molar-refractivity contribution in [3.05, 3.63) is 42.0 Å². The lowest BCUT2D eigenvalue weighted by atomic mass is 10.0. The van der Waals surface area contributed by atoms with Crippen molar-refractivity contribution in [3.8, 4) is 0 Å². The van der Waals surface area contributed by atoms with Crippen molar-refractivity contribution in [3.63, 3.8) is 0 Å². The summed E-state index contributed by atoms with van der Waals surface area (Å²) >= 11 is 0. The molecule has 0 bridgehead atoms. The van der Waals surface area contributed by atoms with Crippen molar-refractivity contribution in [2.75, 3.05) is 37.6 Å². The Bertz CT molecular complexity index is 829. The number of nitrogens with zero attached hydrogens (tertiary/aromatic N) is 5. The van der Waals surface area contributed by atoms with Crippen LogP contribution in [0.15, 0.2) is 34.9 Å². The van der Waals surface area contributed by atoms with Gasteiger partial charge in [0.25, 0.3) is 11.8 Å². The number of amides is 2. The fraction of sp³-hybridized carbons (Fsp3) is 0.524. The molecule has 8 heteroatoms. The van der Waals surface area contributed by atoms with E-state index in [1.807, 2.05) is 6.07 Å². The van der Waals surface area contributed by atoms with Crippen LogP contribution in [0.1, 0.15) is 53.7 Å². The minimum Gasteiger partial charge on any atom is -0.459 e. The highest BCUT2D eigenvalue weighted by Crippen LogP contribution is 2.24. The second kappa shape index (κ2) is 8.63. The molecule has 2 aliphatic heterocycles. The van der Waals surface area contributed by atoms with Gasteiger partial charge in [-0.3, -0.25) is 9.59 Å². The molecule has 4 heterocycles. The lowest BCUT2D eigenvalue weighted by Gasteiger charge is -2.36. The lowest BCUT2D eigenvalue weighted by molar-refractivity contribution is 0.0514. The van der Waals surface area contributed by atoms with Gasteiger partial charge in [0, 0.05) is 38.8 Å². The van der Waals surface area contributed by atoms with Crippen LogP contribution in [-0.4, -0.2) is 70.6 Å². The molecular weight excluding hydrogens is 370 g/mol. The smallest absolute Gasteiger partial charge is 0.289 e. The molecule has 2 aromatic rings. The number of hydrogen-bond acceptors (Lipinski definition) is 6. The van der Waals surface area contributed by atoms with Gasteiger partial charge in [0.15, 0.2) is 17.3 Å². The number of furan rings is 1. The Morgan fingerprint density at radius 3 is 2.38 bits per heavy atom. The number of piperazine rings is 1. The van der Waals surface area contributed by atoms with Gasteiger partial charge in [0.1, 0.15) is 0 Å². The van der Waals surface area contributed by atoms with E-state index >= 15 is 0 Å². The van der Waals surface area contributed by atoms with E-state index in [0.717, 1.165) is 18.8 Å². The van der Waals surface area contributed by atoms with Crippen LogP contribution in [-0.2, 0) is 0 Å². The van der Waals surface area contributed by atoms with E-state index in [9.17, 15) is 9.59 Å². The number of hydrogen-bond donors (Lipinski definition) is 0. The predicted octanol–water partition coefficient (Wildman–Crippen LogP) is 2.44. The van der Waals surface area contributed by atoms with Gasteiger partial charge in [-0.05, 0) is 49.9 Å². The van der Waals surface area contributed by atoms with Gasteiger partial charge in [-0.1, -0.05) is 6.92 Å². The first-order valence-electron chi connectivity index (χ1n) is 10.4. The molecule has 154 valence electrons. The summed E-state index contributed by atoms with van der Waals surface area (Å²) in [7, 11) is 0. The Labute approximate surface area is 170 Å². The molecule has 0 aliphatic carbocycles. The van der Waals surface area contributed by atoms with Gasteiger partial charge in [-0.15, -0.1) is 10.2 Å². The van der Waals surface area contributed by atoms with Crippen LogP contribution in [0.25, 0.3) is 0 Å². The molecule has 0 N–H and O–H groups in total. The van der Waals surface area contributed by atoms with Crippen LogP contribution in [0.3, 0.4) is 0 Å². The third-order valence-corrected chi connectivity index (χ3v) is 5.85. The molecule has 0 saturated carbocycles. The number of carbonyl (C=O) groups excluding carboxylic acids is 2. The SMILES string of the molecule is CCC1CCCCN1c1ccc(C(=O)N2CCN(C(=O)c3ccco3)CC2)nn1. The molecule has 8 nitrogen and oxygen atoms in total. The monoisotopic (exact) mass is 397 g/mol. The summed E-state index contributed by atoms with van der Waals surface area (Å²) in [5.41, 5.74) is 0.351. The van der Waals surface area contributed by atoms with Crippen LogP contribution < -0.4 is 4.90 Å². The van der Waals surface area contributed by atoms with E-state index in [-0.39, 0.29) is 11.8 Å². The van der Waals surface area contributed by atoms with E-state index < -0.39 is 0 Å². The van der Waals surface area contributed by atoms with Crippen LogP contribution in [0.2, 0.25) is 0 Å². The van der Waals surface area contributed by atoms with Gasteiger partial charge in [0.2, 0.25) is 0 Å². The van der Waals surface area contributed by atoms with Crippen molar-refractivity contribution in [1.29, 1.82) is 0 Å². The summed E-state index contributed by atoms with van der Waals surface area (Å²) in [5, 5.41) is 8.56. The lowest BCUT2D eigenvalue weighted by Crippen LogP contribution is -2.50. The Balaban J connectivity index is 1.36. The Morgan fingerprint density at radius 1 is 1.00 bits per heavy atom. The van der Waals surface area contributed by atoms with Gasteiger partial charge in [0.05, 0.1) is 6.26 Å². The highest BCUT2D eigenvalue weighted by Gasteiger charge is 2.28. The Hall–Kier alpha value is -2.90. The third kappa shape index (κ3) is 4.11. The van der Waals surface area contributed by atoms with Gasteiger partial charge in [-0.2, -0.15) is 0 Å². The molecule has 29 heavy (non-hydrogen) atoms. The molecule has 2 saturated heterocycles. The van der Waals surface area contributed by atoms with Crippen molar-refractivity contribution in [2.45, 2.75) is 38.6 Å². The van der Waals surface area contributed by atoms with Crippen molar-refractivity contribution in [1.82, 2.24) is 20.0 Å². The summed E-state index contributed by atoms with van der Waals surface area (Å²) in [6.07, 6.45) is 6.18. The van der Waals surface area contributed by atoms with E-state index in [0.29, 0.717) is 43.7 Å². The van der Waals surface area contributed by atoms with Crippen LogP contribution in [0.5, 0.6) is 0 Å². The van der Waals surface area contributed by atoms with Gasteiger partial charge < -0.3 is 19.1 Å². The van der Waals surface area contributed by atoms with Crippen LogP contribution in [0.4, 0.5) is 5.82 Å². The second-order valence-electron chi connectivity index (χ2n) is 7.59. The zero-order valence-corrected chi connectivity index (χ0v) is 16.8. The number of anilines is 1. The first kappa shape index (κ1) is 19.4. The normalized spacial score (nSPS) is 20.0. The summed E-state index contributed by atoms with van der Waals surface area (Å²) in [5.74, 6) is 0.898. The third-order valence-electron chi connectivity index (χ3n) is 5.85. The molecule has 1 atom stereocenters. The topological polar surface area (TPSA) is 82.8 Å². The summed E-state index contributed by atoms with van der Waals surface area (Å²) < 4.78 is 5.17. The van der Waals surface area contributed by atoms with Crippen molar-refractivity contribution >= 4 is 17.6 Å². The fourth-order valence-electron chi connectivity index (χ4n) is 4.15. The van der Waals surface area contributed by atoms with Crippen LogP contribution in [0, 0.1) is 0 Å². The Morgan fingerprint density at radius 2 is 1.76 bits per heavy atom. The summed E-state index contributed by atoms with van der Waals surface area (Å²) in [6, 6.07) is 7.53. The van der Waals surface area contributed by atoms with Gasteiger partial charge >= 0.3 is 0 Å². The zero-order chi connectivity index (χ0) is 20.2. The molecule has 0 aromatic carbocycles. The quantitative estimate of drug-likeness (QED) is 0.788. The Kier molecular flexibility index (Phi) is 5.78. The average molecular weight is 397 g/mol. The minimum atomic E-state index is -0.141. The van der Waals surface area contributed by atoms with E-state index in [2.05, 4.69) is 22.0 Å². The highest BCUT2D eigenvalue weighted by atomic mass is 16.3. The predicted molar refractivity (Wildman–Crippen MR) is 108 cm³/mol. The average Bonchev–Trinajstić information content (AvgIpc) is 3.33. The molecular formula is C21H27N5O3. The van der Waals surface area contributed by atoms with Crippen molar-refractivity contribution in [2.24, 2.45) is 0 Å². The first-order valence-corrected chi connectivity index (χ1v) is 10.4. The molecule has 2 amide bonds. The fourth-order valence-corrected chi connectivity index (χ4v) is 4.15. The maximum Gasteiger partial charge on any atom is 0.289 e. The number of aromatic nitrogens is 2. The summed E-state index contributed by atoms with van der Waals surface area (Å²) in [4.78, 5) is 30.9. The highest BCUT2D eigenvalue weighted by molar-refractivity contribution is 5.93. The van der Waals surface area contributed by atoms with E-state index in [1.165, 1.54) is 25.5 Å². The summed E-state index contributed by atoms with van der Waals surface area (Å²) in [6.45, 7) is 5.08. The second-order valence-corrected chi connectivity index (χ2v) is 7.59. The van der Waals surface area contributed by atoms with E-state index in [4.69, 9.17) is 4.42 Å². The van der Waals surface area contributed by atoms with Gasteiger partial charge in [-0.25, -0.2) is 0 Å². The number of carbonyl (C=O) groups is 2. The zero-order valence-electron chi connectivity index (χ0n) is 16.8. The molecule has 2 fully saturated rings. The van der Waals surface area contributed by atoms with E-state index in [1.54, 1.807) is 28.0 Å².